The van der Waals surface area contributed by atoms with Gasteiger partial charge >= 0.3 is 102 Å². The van der Waals surface area contributed by atoms with Crippen LogP contribution in [0.15, 0.2) is 43.0 Å². The molecule has 2 rings (SSSR count). The first-order valence-electron chi connectivity index (χ1n) is 5.61. The van der Waals surface area contributed by atoms with Crippen molar-refractivity contribution >= 4 is 22.0 Å². The van der Waals surface area contributed by atoms with Crippen LogP contribution in [0.4, 0.5) is 0 Å². The van der Waals surface area contributed by atoms with Crippen LogP contribution in [0.3, 0.4) is 0 Å². The summed E-state index contributed by atoms with van der Waals surface area (Å²) in [4.78, 5) is 7.34. The standard InChI is InChI=1S/C10H10N2.3CH3.Sn/c1-11-7-8-12(9-11)10-5-3-2-4-6-10;;;;/h2-3,5-9H,1H3;3*1H3;/q+1;;;;. The van der Waals surface area contributed by atoms with Crippen LogP contribution in [0, 0.1) is 0 Å². The van der Waals surface area contributed by atoms with Crippen molar-refractivity contribution in [1.29, 1.82) is 0 Å². The first-order chi connectivity index (χ1) is 7.47. The summed E-state index contributed by atoms with van der Waals surface area (Å²) in [6.45, 7) is 0. The Balaban J connectivity index is 2.44. The molecule has 0 fully saturated rings. The van der Waals surface area contributed by atoms with E-state index in [0.717, 1.165) is 0 Å². The van der Waals surface area contributed by atoms with E-state index in [4.69, 9.17) is 0 Å². The molecule has 0 spiro atoms. The van der Waals surface area contributed by atoms with E-state index < -0.39 is 18.4 Å². The average Bonchev–Trinajstić information content (AvgIpc) is 2.64. The summed E-state index contributed by atoms with van der Waals surface area (Å²) >= 11 is -1.93. The average molecular weight is 322 g/mol. The minimum atomic E-state index is -1.93. The van der Waals surface area contributed by atoms with Crippen molar-refractivity contribution in [3.63, 3.8) is 0 Å². The summed E-state index contributed by atoms with van der Waals surface area (Å²) < 4.78 is 5.80. The Kier molecular flexibility index (Phi) is 3.10. The molecule has 2 aromatic rings. The fourth-order valence-corrected chi connectivity index (χ4v) is 5.10. The van der Waals surface area contributed by atoms with E-state index in [9.17, 15) is 0 Å². The molecule has 0 aliphatic heterocycles. The predicted octanol–water partition coefficient (Wildman–Crippen LogP) is 1.85. The minimum absolute atomic E-state index is 1.27. The van der Waals surface area contributed by atoms with Crippen LogP contribution < -0.4 is 8.15 Å². The molecule has 16 heavy (non-hydrogen) atoms. The normalized spacial score (nSPS) is 11.8. The number of hydrogen-bond acceptors (Lipinski definition) is 0. The van der Waals surface area contributed by atoms with E-state index in [0.29, 0.717) is 0 Å². The Morgan fingerprint density at radius 3 is 2.50 bits per heavy atom. The molecule has 0 bridgehead atoms. The molecule has 0 aliphatic carbocycles. The molecular weight excluding hydrogens is 303 g/mol. The zero-order valence-electron chi connectivity index (χ0n) is 10.4. The van der Waals surface area contributed by atoms with Crippen LogP contribution >= 0.6 is 0 Å². The fourth-order valence-electron chi connectivity index (χ4n) is 1.74. The van der Waals surface area contributed by atoms with Gasteiger partial charge in [0, 0.05) is 0 Å². The molecule has 1 aromatic carbocycles. The second-order valence-electron chi connectivity index (χ2n) is 5.29. The van der Waals surface area contributed by atoms with Crippen molar-refractivity contribution in [3.05, 3.63) is 43.0 Å². The number of imidazole rings is 1. The quantitative estimate of drug-likeness (QED) is 0.589. The first-order valence-corrected chi connectivity index (χ1v) is 15.6. The van der Waals surface area contributed by atoms with Crippen LogP contribution in [0.25, 0.3) is 5.69 Å². The van der Waals surface area contributed by atoms with Crippen molar-refractivity contribution in [2.24, 2.45) is 7.05 Å². The van der Waals surface area contributed by atoms with Gasteiger partial charge in [0.05, 0.1) is 0 Å². The van der Waals surface area contributed by atoms with Crippen LogP contribution in [0.5, 0.6) is 0 Å². The van der Waals surface area contributed by atoms with Gasteiger partial charge in [-0.05, 0) is 0 Å². The Labute approximate surface area is 101 Å². The molecule has 0 radical (unpaired) electrons. The van der Waals surface area contributed by atoms with Gasteiger partial charge < -0.3 is 0 Å². The number of hydrogen-bond donors (Lipinski definition) is 0. The van der Waals surface area contributed by atoms with Gasteiger partial charge in [-0.2, -0.15) is 0 Å². The summed E-state index contributed by atoms with van der Waals surface area (Å²) in [5, 5.41) is 0. The van der Waals surface area contributed by atoms with Gasteiger partial charge in [-0.15, -0.1) is 0 Å². The number of rotatable bonds is 2. The third kappa shape index (κ3) is 2.48. The SMILES string of the molecule is C[n+]1ccn(-c2ccc[c]([Sn]([CH3])([CH3])[CH3])c2)c1. The second-order valence-corrected chi connectivity index (χ2v) is 19.8. The van der Waals surface area contributed by atoms with Crippen molar-refractivity contribution in [2.75, 3.05) is 0 Å². The summed E-state index contributed by atoms with van der Waals surface area (Å²) in [6.07, 6.45) is 6.25. The van der Waals surface area contributed by atoms with Gasteiger partial charge in [-0.1, -0.05) is 0 Å². The van der Waals surface area contributed by atoms with Crippen LogP contribution in [-0.2, 0) is 7.05 Å². The van der Waals surface area contributed by atoms with E-state index in [1.165, 1.54) is 5.69 Å². The van der Waals surface area contributed by atoms with Gasteiger partial charge in [0.1, 0.15) is 0 Å². The van der Waals surface area contributed by atoms with Gasteiger partial charge in [-0.25, -0.2) is 0 Å². The molecule has 0 N–H and O–H groups in total. The van der Waals surface area contributed by atoms with Crippen molar-refractivity contribution in [3.8, 4) is 5.69 Å². The second kappa shape index (κ2) is 4.24. The van der Waals surface area contributed by atoms with Crippen molar-refractivity contribution < 1.29 is 4.57 Å². The number of nitrogens with zero attached hydrogens (tertiary/aromatic N) is 2. The third-order valence-corrected chi connectivity index (χ3v) is 8.61. The van der Waals surface area contributed by atoms with Gasteiger partial charge in [0.25, 0.3) is 0 Å². The number of aromatic nitrogens is 2. The van der Waals surface area contributed by atoms with Crippen molar-refractivity contribution in [1.82, 2.24) is 4.57 Å². The molecule has 84 valence electrons. The maximum absolute atomic E-state index is 2.45. The topological polar surface area (TPSA) is 8.81 Å². The van der Waals surface area contributed by atoms with Gasteiger partial charge in [-0.3, -0.25) is 0 Å². The molecule has 0 aliphatic rings. The number of aryl methyl sites for hydroxylation is 1. The molecule has 2 nitrogen and oxygen atoms in total. The van der Waals surface area contributed by atoms with Crippen LogP contribution in [0.2, 0.25) is 14.8 Å². The zero-order chi connectivity index (χ0) is 11.8. The molecule has 0 atom stereocenters. The summed E-state index contributed by atoms with van der Waals surface area (Å²) in [6, 6.07) is 8.97. The molecular formula is C13H19N2Sn+. The molecule has 0 saturated heterocycles. The summed E-state index contributed by atoms with van der Waals surface area (Å²) in [5.41, 5.74) is 1.27. The Hall–Kier alpha value is -0.771. The number of benzene rings is 1. The molecule has 3 heteroatoms. The molecule has 0 unspecified atom stereocenters. The van der Waals surface area contributed by atoms with Crippen LogP contribution in [0.1, 0.15) is 0 Å². The van der Waals surface area contributed by atoms with E-state index >= 15 is 0 Å². The summed E-state index contributed by atoms with van der Waals surface area (Å²) in [5.74, 6) is 0. The molecule has 1 heterocycles. The Morgan fingerprint density at radius 2 is 1.94 bits per heavy atom. The predicted molar refractivity (Wildman–Crippen MR) is 69.9 cm³/mol. The molecule has 0 saturated carbocycles. The first kappa shape index (κ1) is 11.7. The Bertz CT molecular complexity index is 495. The van der Waals surface area contributed by atoms with E-state index in [-0.39, 0.29) is 0 Å². The van der Waals surface area contributed by atoms with E-state index in [1.807, 2.05) is 7.05 Å². The summed E-state index contributed by atoms with van der Waals surface area (Å²) in [7, 11) is 2.04. The van der Waals surface area contributed by atoms with E-state index in [2.05, 4.69) is 66.9 Å². The van der Waals surface area contributed by atoms with E-state index in [1.54, 1.807) is 3.58 Å². The van der Waals surface area contributed by atoms with Crippen molar-refractivity contribution in [2.45, 2.75) is 14.8 Å². The van der Waals surface area contributed by atoms with Gasteiger partial charge in [0.15, 0.2) is 0 Å². The third-order valence-electron chi connectivity index (χ3n) is 2.78. The Morgan fingerprint density at radius 1 is 1.19 bits per heavy atom. The molecule has 1 aromatic heterocycles. The molecule has 0 amide bonds. The zero-order valence-corrected chi connectivity index (χ0v) is 13.3. The fraction of sp³-hybridized carbons (Fsp3) is 0.308. The van der Waals surface area contributed by atoms with Gasteiger partial charge in [0.2, 0.25) is 0 Å². The maximum atomic E-state index is 2.45. The monoisotopic (exact) mass is 323 g/mol. The van der Waals surface area contributed by atoms with Crippen LogP contribution in [-0.4, -0.2) is 22.9 Å².